The Balaban J connectivity index is 1.54. The van der Waals surface area contributed by atoms with Gasteiger partial charge in [0.15, 0.2) is 0 Å². The molecule has 2 aromatic rings. The Labute approximate surface area is 171 Å². The lowest BCUT2D eigenvalue weighted by Gasteiger charge is -2.35. The molecule has 0 bridgehead atoms. The molecule has 1 amide bonds. The third kappa shape index (κ3) is 4.67. The van der Waals surface area contributed by atoms with Crippen molar-refractivity contribution in [1.82, 2.24) is 14.9 Å². The van der Waals surface area contributed by atoms with E-state index in [0.717, 1.165) is 61.2 Å². The van der Waals surface area contributed by atoms with Crippen LogP contribution in [0.3, 0.4) is 0 Å². The van der Waals surface area contributed by atoms with Crippen molar-refractivity contribution in [3.63, 3.8) is 0 Å². The number of nitrogens with one attached hydrogen (secondary N) is 1. The molecular weight excluding hydrogens is 368 g/mol. The summed E-state index contributed by atoms with van der Waals surface area (Å²) in [4.78, 5) is 24.5. The molecule has 4 rings (SSSR count). The zero-order valence-corrected chi connectivity index (χ0v) is 17.1. The quantitative estimate of drug-likeness (QED) is 0.754. The number of pyridine rings is 2. The van der Waals surface area contributed by atoms with Gasteiger partial charge in [-0.25, -0.2) is 4.98 Å². The molecule has 2 saturated heterocycles. The first-order valence-electron chi connectivity index (χ1n) is 10.6. The minimum absolute atomic E-state index is 0.111. The average molecular weight is 399 g/mol. The van der Waals surface area contributed by atoms with Gasteiger partial charge in [0, 0.05) is 69.1 Å². The summed E-state index contributed by atoms with van der Waals surface area (Å²) in [5, 5.41) is 4.40. The van der Waals surface area contributed by atoms with Gasteiger partial charge in [0.1, 0.15) is 5.82 Å². The van der Waals surface area contributed by atoms with Crippen LogP contribution in [0.4, 0.5) is 5.82 Å². The molecule has 29 heavy (non-hydrogen) atoms. The SMILES string of the molecule is COCCNc1nc([C@@H]2CCCN(C(=O)C3CCOCC3)C2)cc2ncccc12. The fourth-order valence-corrected chi connectivity index (χ4v) is 4.33. The van der Waals surface area contributed by atoms with Crippen LogP contribution in [0.25, 0.3) is 10.9 Å². The highest BCUT2D eigenvalue weighted by Crippen LogP contribution is 2.31. The fourth-order valence-electron chi connectivity index (χ4n) is 4.33. The molecule has 2 aromatic heterocycles. The number of likely N-dealkylation sites (tertiary alicyclic amines) is 1. The van der Waals surface area contributed by atoms with Gasteiger partial charge in [0.05, 0.1) is 12.1 Å². The van der Waals surface area contributed by atoms with Crippen LogP contribution in [-0.4, -0.2) is 67.3 Å². The first kappa shape index (κ1) is 20.0. The van der Waals surface area contributed by atoms with Crippen LogP contribution in [0.5, 0.6) is 0 Å². The predicted molar refractivity (Wildman–Crippen MR) is 112 cm³/mol. The van der Waals surface area contributed by atoms with E-state index in [4.69, 9.17) is 14.5 Å². The Morgan fingerprint density at radius 3 is 3.03 bits per heavy atom. The topological polar surface area (TPSA) is 76.6 Å². The molecule has 0 aliphatic carbocycles. The standard InChI is InChI=1S/C22H30N4O3/c1-28-13-9-24-21-18-5-2-8-23-20(18)14-19(25-21)17-4-3-10-26(15-17)22(27)16-6-11-29-12-7-16/h2,5,8,14,16-17H,3-4,6-7,9-13,15H2,1H3,(H,24,25)/t17-/m1/s1. The molecular formula is C22H30N4O3. The summed E-state index contributed by atoms with van der Waals surface area (Å²) in [6.45, 7) is 4.28. The number of anilines is 1. The second kappa shape index (κ2) is 9.50. The molecule has 7 heteroatoms. The Hall–Kier alpha value is -2.25. The number of nitrogens with zero attached hydrogens (tertiary/aromatic N) is 3. The van der Waals surface area contributed by atoms with E-state index >= 15 is 0 Å². The summed E-state index contributed by atoms with van der Waals surface area (Å²) in [6.07, 6.45) is 5.54. The molecule has 7 nitrogen and oxygen atoms in total. The number of methoxy groups -OCH3 is 1. The first-order valence-corrected chi connectivity index (χ1v) is 10.6. The van der Waals surface area contributed by atoms with E-state index in [9.17, 15) is 4.79 Å². The summed E-state index contributed by atoms with van der Waals surface area (Å²) in [7, 11) is 1.69. The van der Waals surface area contributed by atoms with Crippen molar-refractivity contribution in [2.45, 2.75) is 31.6 Å². The van der Waals surface area contributed by atoms with Crippen molar-refractivity contribution in [2.24, 2.45) is 5.92 Å². The van der Waals surface area contributed by atoms with E-state index < -0.39 is 0 Å². The van der Waals surface area contributed by atoms with Crippen LogP contribution in [0.1, 0.15) is 37.3 Å². The summed E-state index contributed by atoms with van der Waals surface area (Å²) in [5.41, 5.74) is 1.95. The minimum atomic E-state index is 0.111. The molecule has 1 N–H and O–H groups in total. The molecule has 1 atom stereocenters. The third-order valence-electron chi connectivity index (χ3n) is 5.94. The van der Waals surface area contributed by atoms with Gasteiger partial charge in [-0.1, -0.05) is 0 Å². The van der Waals surface area contributed by atoms with Gasteiger partial charge in [-0.3, -0.25) is 9.78 Å². The number of carbonyl (C=O) groups excluding carboxylic acids is 1. The second-order valence-electron chi connectivity index (χ2n) is 7.90. The highest BCUT2D eigenvalue weighted by Gasteiger charge is 2.31. The molecule has 2 fully saturated rings. The minimum Gasteiger partial charge on any atom is -0.383 e. The number of ether oxygens (including phenoxy) is 2. The Morgan fingerprint density at radius 2 is 2.21 bits per heavy atom. The average Bonchev–Trinajstić information content (AvgIpc) is 2.79. The maximum atomic E-state index is 13.0. The van der Waals surface area contributed by atoms with Crippen molar-refractivity contribution < 1.29 is 14.3 Å². The Morgan fingerprint density at radius 1 is 1.34 bits per heavy atom. The molecule has 2 aliphatic rings. The van der Waals surface area contributed by atoms with E-state index in [2.05, 4.69) is 16.4 Å². The van der Waals surface area contributed by atoms with Crippen LogP contribution < -0.4 is 5.32 Å². The largest absolute Gasteiger partial charge is 0.383 e. The number of rotatable bonds is 6. The van der Waals surface area contributed by atoms with E-state index in [1.54, 1.807) is 7.11 Å². The highest BCUT2D eigenvalue weighted by molar-refractivity contribution is 5.89. The van der Waals surface area contributed by atoms with Gasteiger partial charge >= 0.3 is 0 Å². The molecule has 0 aromatic carbocycles. The molecule has 0 radical (unpaired) electrons. The number of fused-ring (bicyclic) bond motifs is 1. The number of amides is 1. The molecule has 0 spiro atoms. The molecule has 0 unspecified atom stereocenters. The third-order valence-corrected chi connectivity index (χ3v) is 5.94. The summed E-state index contributed by atoms with van der Waals surface area (Å²) >= 11 is 0. The van der Waals surface area contributed by atoms with E-state index in [1.807, 2.05) is 23.2 Å². The molecule has 156 valence electrons. The number of carbonyl (C=O) groups is 1. The van der Waals surface area contributed by atoms with E-state index in [-0.39, 0.29) is 17.7 Å². The lowest BCUT2D eigenvalue weighted by atomic mass is 9.91. The maximum absolute atomic E-state index is 13.0. The van der Waals surface area contributed by atoms with E-state index in [0.29, 0.717) is 26.4 Å². The van der Waals surface area contributed by atoms with Gasteiger partial charge in [0.2, 0.25) is 5.91 Å². The lowest BCUT2D eigenvalue weighted by Crippen LogP contribution is -2.43. The number of hydrogen-bond donors (Lipinski definition) is 1. The zero-order chi connectivity index (χ0) is 20.1. The van der Waals surface area contributed by atoms with Crippen molar-refractivity contribution in [3.8, 4) is 0 Å². The van der Waals surface area contributed by atoms with Gasteiger partial charge in [-0.15, -0.1) is 0 Å². The number of piperidine rings is 1. The second-order valence-corrected chi connectivity index (χ2v) is 7.90. The Kier molecular flexibility index (Phi) is 6.56. The first-order chi connectivity index (χ1) is 14.3. The van der Waals surface area contributed by atoms with Crippen molar-refractivity contribution in [2.75, 3.05) is 51.9 Å². The van der Waals surface area contributed by atoms with E-state index in [1.165, 1.54) is 0 Å². The monoisotopic (exact) mass is 398 g/mol. The number of hydrogen-bond acceptors (Lipinski definition) is 6. The van der Waals surface area contributed by atoms with Gasteiger partial charge in [-0.05, 0) is 43.9 Å². The van der Waals surface area contributed by atoms with Gasteiger partial charge in [0.25, 0.3) is 0 Å². The normalized spacial score (nSPS) is 20.7. The molecule has 2 aliphatic heterocycles. The van der Waals surface area contributed by atoms with Gasteiger partial charge < -0.3 is 19.7 Å². The zero-order valence-electron chi connectivity index (χ0n) is 17.1. The number of aromatic nitrogens is 2. The van der Waals surface area contributed by atoms with Crippen molar-refractivity contribution in [3.05, 3.63) is 30.1 Å². The van der Waals surface area contributed by atoms with Crippen LogP contribution in [0, 0.1) is 5.92 Å². The van der Waals surface area contributed by atoms with Crippen molar-refractivity contribution >= 4 is 22.6 Å². The fraction of sp³-hybridized carbons (Fsp3) is 0.591. The highest BCUT2D eigenvalue weighted by atomic mass is 16.5. The van der Waals surface area contributed by atoms with Crippen LogP contribution in [0.2, 0.25) is 0 Å². The maximum Gasteiger partial charge on any atom is 0.225 e. The smallest absolute Gasteiger partial charge is 0.225 e. The molecule has 4 heterocycles. The lowest BCUT2D eigenvalue weighted by molar-refractivity contribution is -0.139. The predicted octanol–water partition coefficient (Wildman–Crippen LogP) is 2.82. The van der Waals surface area contributed by atoms with Gasteiger partial charge in [-0.2, -0.15) is 0 Å². The van der Waals surface area contributed by atoms with Crippen LogP contribution >= 0.6 is 0 Å². The Bertz CT molecular complexity index is 838. The summed E-state index contributed by atoms with van der Waals surface area (Å²) in [6, 6.07) is 6.06. The van der Waals surface area contributed by atoms with Crippen LogP contribution in [-0.2, 0) is 14.3 Å². The summed E-state index contributed by atoms with van der Waals surface area (Å²) < 4.78 is 10.6. The molecule has 0 saturated carbocycles. The van der Waals surface area contributed by atoms with Crippen molar-refractivity contribution in [1.29, 1.82) is 0 Å². The van der Waals surface area contributed by atoms with Crippen LogP contribution in [0.15, 0.2) is 24.4 Å². The summed E-state index contributed by atoms with van der Waals surface area (Å²) in [5.74, 6) is 1.48.